The molecule has 0 saturated carbocycles. The fourth-order valence-electron chi connectivity index (χ4n) is 3.39. The quantitative estimate of drug-likeness (QED) is 0.786. The zero-order valence-electron chi connectivity index (χ0n) is 16.0. The molecule has 2 N–H and O–H groups in total. The molecule has 1 aromatic heterocycles. The first-order valence-corrected chi connectivity index (χ1v) is 9.25. The minimum Gasteiger partial charge on any atom is -0.370 e. The van der Waals surface area contributed by atoms with E-state index in [1.807, 2.05) is 18.0 Å². The molecule has 2 aliphatic heterocycles. The number of allylic oxidation sites excluding steroid dienone is 1. The summed E-state index contributed by atoms with van der Waals surface area (Å²) in [4.78, 5) is 24.2. The second kappa shape index (κ2) is 7.69. The average molecular weight is 416 g/mol. The number of rotatable bonds is 2. The van der Waals surface area contributed by atoms with Crippen LogP contribution in [0.1, 0.15) is 17.2 Å². The van der Waals surface area contributed by atoms with E-state index in [1.165, 1.54) is 23.5 Å². The zero-order chi connectivity index (χ0) is 21.3. The highest BCUT2D eigenvalue weighted by Gasteiger charge is 2.33. The average Bonchev–Trinajstić information content (AvgIpc) is 2.74. The second-order valence-electron chi connectivity index (χ2n) is 6.94. The van der Waals surface area contributed by atoms with Gasteiger partial charge in [0.1, 0.15) is 18.0 Å². The largest absolute Gasteiger partial charge is 0.416 e. The van der Waals surface area contributed by atoms with Crippen molar-refractivity contribution in [3.8, 4) is 0 Å². The summed E-state index contributed by atoms with van der Waals surface area (Å²) in [5.41, 5.74) is 0.522. The van der Waals surface area contributed by atoms with Crippen molar-refractivity contribution in [3.63, 3.8) is 0 Å². The van der Waals surface area contributed by atoms with E-state index in [4.69, 9.17) is 0 Å². The highest BCUT2D eigenvalue weighted by molar-refractivity contribution is 5.89. The molecule has 1 aromatic carbocycles. The van der Waals surface area contributed by atoms with Gasteiger partial charge in [-0.3, -0.25) is 10.2 Å². The van der Waals surface area contributed by atoms with E-state index >= 15 is 0 Å². The summed E-state index contributed by atoms with van der Waals surface area (Å²) in [5, 5.41) is 5.93. The first-order valence-electron chi connectivity index (χ1n) is 9.25. The van der Waals surface area contributed by atoms with Crippen LogP contribution in [0.2, 0.25) is 0 Å². The molecule has 156 valence electrons. The number of aromatic nitrogens is 2. The van der Waals surface area contributed by atoms with Crippen molar-refractivity contribution in [2.24, 2.45) is 0 Å². The summed E-state index contributed by atoms with van der Waals surface area (Å²) in [6, 6.07) is 5.84. The number of anilines is 1. The van der Waals surface area contributed by atoms with Gasteiger partial charge >= 0.3 is 12.2 Å². The minimum absolute atomic E-state index is 0.358. The number of nitrogens with zero attached hydrogens (tertiary/aromatic N) is 4. The van der Waals surface area contributed by atoms with Crippen LogP contribution in [-0.2, 0) is 6.18 Å². The number of dihydropyridines is 1. The molecule has 1 unspecified atom stereocenters. The van der Waals surface area contributed by atoms with E-state index in [0.717, 1.165) is 17.8 Å². The van der Waals surface area contributed by atoms with Crippen LogP contribution < -0.4 is 10.6 Å². The lowest BCUT2D eigenvalue weighted by molar-refractivity contribution is -0.137. The Labute approximate surface area is 170 Å². The van der Waals surface area contributed by atoms with Gasteiger partial charge in [-0.1, -0.05) is 18.2 Å². The minimum atomic E-state index is -4.42. The van der Waals surface area contributed by atoms with Crippen LogP contribution in [0.5, 0.6) is 0 Å². The summed E-state index contributed by atoms with van der Waals surface area (Å²) in [6.07, 6.45) is 2.03. The predicted molar refractivity (Wildman–Crippen MR) is 104 cm³/mol. The molecule has 2 aliphatic rings. The molecule has 0 radical (unpaired) electrons. The number of carbonyl (C=O) groups excluding carboxylic acids is 1. The molecular formula is C20H19F3N6O. The fourth-order valence-corrected chi connectivity index (χ4v) is 3.39. The van der Waals surface area contributed by atoms with Gasteiger partial charge in [0, 0.05) is 26.3 Å². The van der Waals surface area contributed by atoms with Crippen molar-refractivity contribution in [1.29, 1.82) is 0 Å². The van der Waals surface area contributed by atoms with Gasteiger partial charge in [0.2, 0.25) is 0 Å². The van der Waals surface area contributed by atoms with Crippen LogP contribution >= 0.6 is 0 Å². The number of hydrogen-bond acceptors (Lipinski definition) is 5. The molecule has 3 heterocycles. The first kappa shape index (κ1) is 19.7. The first-order chi connectivity index (χ1) is 14.3. The number of likely N-dealkylation sites (N-methyl/N-ethyl adjacent to an activating group) is 1. The van der Waals surface area contributed by atoms with Crippen molar-refractivity contribution in [2.75, 3.05) is 25.5 Å². The molecule has 10 heteroatoms. The monoisotopic (exact) mass is 416 g/mol. The number of benzene rings is 1. The van der Waals surface area contributed by atoms with E-state index in [0.29, 0.717) is 30.3 Å². The number of carbonyl (C=O) groups is 1. The smallest absolute Gasteiger partial charge is 0.370 e. The van der Waals surface area contributed by atoms with Crippen molar-refractivity contribution >= 4 is 11.8 Å². The summed E-state index contributed by atoms with van der Waals surface area (Å²) < 4.78 is 39.3. The Balaban J connectivity index is 1.59. The Bertz CT molecular complexity index is 1010. The van der Waals surface area contributed by atoms with Crippen molar-refractivity contribution in [2.45, 2.75) is 12.2 Å². The standard InChI is InChI=1S/C20H19F3N6O/c1-28-9-10-29(19(30)27-17-7-8-24-12-25-17)18-16(28)6-5-15(26-18)13-3-2-4-14(11-13)20(21,22)23/h2-8,11-12,15,26H,9-10H2,1H3,(H,24,25,27,30). The highest BCUT2D eigenvalue weighted by Crippen LogP contribution is 2.33. The molecule has 0 saturated heterocycles. The summed E-state index contributed by atoms with van der Waals surface area (Å²) in [6.45, 7) is 1.01. The van der Waals surface area contributed by atoms with E-state index in [2.05, 4.69) is 20.6 Å². The number of amides is 2. The molecule has 2 amide bonds. The normalized spacial score (nSPS) is 18.7. The maximum atomic E-state index is 13.1. The fraction of sp³-hybridized carbons (Fsp3) is 0.250. The molecule has 0 bridgehead atoms. The topological polar surface area (TPSA) is 73.4 Å². The third-order valence-corrected chi connectivity index (χ3v) is 4.96. The molecule has 0 aliphatic carbocycles. The Hall–Kier alpha value is -3.56. The second-order valence-corrected chi connectivity index (χ2v) is 6.94. The maximum Gasteiger partial charge on any atom is 0.416 e. The van der Waals surface area contributed by atoms with Gasteiger partial charge in [0.15, 0.2) is 0 Å². The van der Waals surface area contributed by atoms with Gasteiger partial charge in [-0.05, 0) is 29.8 Å². The van der Waals surface area contributed by atoms with Gasteiger partial charge in [-0.15, -0.1) is 0 Å². The summed E-state index contributed by atoms with van der Waals surface area (Å²) in [5.74, 6) is 0.886. The zero-order valence-corrected chi connectivity index (χ0v) is 16.0. The SMILES string of the molecule is CN1CCN(C(=O)Nc2ccncn2)C2=C1C=CC(c1cccc(C(F)(F)F)c1)N2. The van der Waals surface area contributed by atoms with E-state index in [9.17, 15) is 18.0 Å². The maximum absolute atomic E-state index is 13.1. The van der Waals surface area contributed by atoms with E-state index < -0.39 is 17.8 Å². The van der Waals surface area contributed by atoms with Crippen molar-refractivity contribution in [3.05, 3.63) is 77.7 Å². The number of alkyl halides is 3. The molecule has 30 heavy (non-hydrogen) atoms. The van der Waals surface area contributed by atoms with Crippen LogP contribution in [-0.4, -0.2) is 45.9 Å². The van der Waals surface area contributed by atoms with Crippen LogP contribution in [0.4, 0.5) is 23.8 Å². The summed E-state index contributed by atoms with van der Waals surface area (Å²) in [7, 11) is 1.89. The van der Waals surface area contributed by atoms with E-state index in [1.54, 1.807) is 18.2 Å². The van der Waals surface area contributed by atoms with Crippen LogP contribution in [0, 0.1) is 0 Å². The van der Waals surface area contributed by atoms with Gasteiger partial charge in [0.05, 0.1) is 17.3 Å². The summed E-state index contributed by atoms with van der Waals surface area (Å²) >= 11 is 0. The number of nitrogens with one attached hydrogen (secondary N) is 2. The van der Waals surface area contributed by atoms with Crippen molar-refractivity contribution in [1.82, 2.24) is 25.1 Å². The Morgan fingerprint density at radius 1 is 1.27 bits per heavy atom. The molecule has 1 atom stereocenters. The van der Waals surface area contributed by atoms with Crippen LogP contribution in [0.25, 0.3) is 0 Å². The highest BCUT2D eigenvalue weighted by atomic mass is 19.4. The third kappa shape index (κ3) is 3.93. The third-order valence-electron chi connectivity index (χ3n) is 4.96. The van der Waals surface area contributed by atoms with Gasteiger partial charge in [0.25, 0.3) is 0 Å². The molecule has 0 spiro atoms. The lowest BCUT2D eigenvalue weighted by Crippen LogP contribution is -2.50. The molecule has 7 nitrogen and oxygen atoms in total. The predicted octanol–water partition coefficient (Wildman–Crippen LogP) is 3.34. The lowest BCUT2D eigenvalue weighted by Gasteiger charge is -2.40. The molecule has 2 aromatic rings. The van der Waals surface area contributed by atoms with Gasteiger partial charge in [-0.2, -0.15) is 13.2 Å². The molecule has 4 rings (SSSR count). The number of halogens is 3. The van der Waals surface area contributed by atoms with E-state index in [-0.39, 0.29) is 6.03 Å². The van der Waals surface area contributed by atoms with Gasteiger partial charge in [-0.25, -0.2) is 14.8 Å². The number of urea groups is 1. The lowest BCUT2D eigenvalue weighted by atomic mass is 10.0. The molecular weight excluding hydrogens is 397 g/mol. The Kier molecular flexibility index (Phi) is 5.06. The van der Waals surface area contributed by atoms with Crippen LogP contribution in [0.15, 0.2) is 66.5 Å². The van der Waals surface area contributed by atoms with Gasteiger partial charge < -0.3 is 10.2 Å². The van der Waals surface area contributed by atoms with Crippen LogP contribution in [0.3, 0.4) is 0 Å². The van der Waals surface area contributed by atoms with Crippen molar-refractivity contribution < 1.29 is 18.0 Å². The molecule has 0 fully saturated rings. The Morgan fingerprint density at radius 2 is 2.10 bits per heavy atom. The number of hydrogen-bond donors (Lipinski definition) is 2. The Morgan fingerprint density at radius 3 is 2.83 bits per heavy atom.